The Hall–Kier alpha value is -3.32. The molecule has 0 saturated carbocycles. The molecule has 1 amide bonds. The quantitative estimate of drug-likeness (QED) is 0.372. The first-order chi connectivity index (χ1) is 16.8. The monoisotopic (exact) mass is 479 g/mol. The number of methoxy groups -OCH3 is 1. The van der Waals surface area contributed by atoms with Gasteiger partial charge in [-0.05, 0) is 56.0 Å². The Morgan fingerprint density at radius 3 is 2.51 bits per heavy atom. The number of ether oxygens (including phenoxy) is 3. The van der Waals surface area contributed by atoms with Gasteiger partial charge in [0.15, 0.2) is 16.9 Å². The molecule has 186 valence electrons. The van der Waals surface area contributed by atoms with E-state index in [1.165, 1.54) is 0 Å². The number of nitrogens with zero attached hydrogens (tertiary/aromatic N) is 1. The predicted octanol–water partition coefficient (Wildman–Crippen LogP) is 5.20. The number of carbonyl (C=O) groups is 1. The lowest BCUT2D eigenvalue weighted by Gasteiger charge is -2.26. The summed E-state index contributed by atoms with van der Waals surface area (Å²) in [6, 6.07) is 12.0. The van der Waals surface area contributed by atoms with Crippen molar-refractivity contribution in [2.24, 2.45) is 5.92 Å². The smallest absolute Gasteiger partial charge is 0.290 e. The van der Waals surface area contributed by atoms with Gasteiger partial charge in [-0.25, -0.2) is 0 Å². The molecular weight excluding hydrogens is 446 g/mol. The lowest BCUT2D eigenvalue weighted by atomic mass is 9.98. The molecule has 1 aliphatic heterocycles. The van der Waals surface area contributed by atoms with E-state index in [1.807, 2.05) is 32.0 Å². The van der Waals surface area contributed by atoms with Gasteiger partial charge in [-0.1, -0.05) is 32.0 Å². The van der Waals surface area contributed by atoms with Crippen LogP contribution in [0, 0.1) is 5.92 Å². The standard InChI is InChI=1S/C28H33NO6/c1-17(2)16-34-22-12-11-19(15-23(22)32-5)25-24-26(30)20-9-6-7-10-21(20)35-27(24)28(31)29(25)13-8-14-33-18(3)4/h6-7,9-12,15,17-18,25H,8,13-14,16H2,1-5H3. The van der Waals surface area contributed by atoms with E-state index in [-0.39, 0.29) is 23.2 Å². The minimum Gasteiger partial charge on any atom is -0.493 e. The highest BCUT2D eigenvalue weighted by Crippen LogP contribution is 2.41. The second kappa shape index (κ2) is 10.5. The lowest BCUT2D eigenvalue weighted by Crippen LogP contribution is -2.31. The van der Waals surface area contributed by atoms with Crippen LogP contribution in [-0.2, 0) is 4.74 Å². The molecule has 0 bridgehead atoms. The van der Waals surface area contributed by atoms with E-state index in [1.54, 1.807) is 36.3 Å². The summed E-state index contributed by atoms with van der Waals surface area (Å²) >= 11 is 0. The second-order valence-electron chi connectivity index (χ2n) is 9.46. The number of benzene rings is 2. The van der Waals surface area contributed by atoms with Crippen LogP contribution in [0.5, 0.6) is 11.5 Å². The topological polar surface area (TPSA) is 78.2 Å². The zero-order valence-electron chi connectivity index (χ0n) is 21.0. The summed E-state index contributed by atoms with van der Waals surface area (Å²) in [5, 5.41) is 0.456. The summed E-state index contributed by atoms with van der Waals surface area (Å²) in [7, 11) is 1.58. The average molecular weight is 480 g/mol. The number of para-hydroxylation sites is 1. The SMILES string of the molecule is COc1cc(C2c3c(oc4ccccc4c3=O)C(=O)N2CCCOC(C)C)ccc1OCC(C)C. The Balaban J connectivity index is 1.78. The molecule has 2 heterocycles. The van der Waals surface area contributed by atoms with Crippen molar-refractivity contribution in [3.05, 3.63) is 69.6 Å². The minimum atomic E-state index is -0.592. The molecule has 1 aromatic heterocycles. The van der Waals surface area contributed by atoms with Crippen LogP contribution in [0.25, 0.3) is 11.0 Å². The molecule has 7 nitrogen and oxygen atoms in total. The van der Waals surface area contributed by atoms with Gasteiger partial charge in [-0.2, -0.15) is 0 Å². The number of hydrogen-bond acceptors (Lipinski definition) is 6. The summed E-state index contributed by atoms with van der Waals surface area (Å²) in [6.07, 6.45) is 0.739. The molecule has 35 heavy (non-hydrogen) atoms. The van der Waals surface area contributed by atoms with Crippen molar-refractivity contribution in [3.63, 3.8) is 0 Å². The van der Waals surface area contributed by atoms with Crippen molar-refractivity contribution in [1.29, 1.82) is 0 Å². The third-order valence-electron chi connectivity index (χ3n) is 5.94. The van der Waals surface area contributed by atoms with E-state index in [2.05, 4.69) is 13.8 Å². The number of rotatable bonds is 10. The zero-order valence-corrected chi connectivity index (χ0v) is 21.0. The molecule has 0 saturated heterocycles. The van der Waals surface area contributed by atoms with Crippen LogP contribution in [0.15, 0.2) is 51.7 Å². The van der Waals surface area contributed by atoms with Crippen molar-refractivity contribution >= 4 is 16.9 Å². The van der Waals surface area contributed by atoms with E-state index in [0.717, 1.165) is 5.56 Å². The maximum Gasteiger partial charge on any atom is 0.290 e. The van der Waals surface area contributed by atoms with E-state index in [0.29, 0.717) is 60.1 Å². The van der Waals surface area contributed by atoms with E-state index >= 15 is 0 Å². The van der Waals surface area contributed by atoms with Crippen LogP contribution < -0.4 is 14.9 Å². The van der Waals surface area contributed by atoms with Crippen LogP contribution in [0.3, 0.4) is 0 Å². The maximum atomic E-state index is 13.6. The van der Waals surface area contributed by atoms with Crippen LogP contribution in [0.1, 0.15) is 61.8 Å². The Morgan fingerprint density at radius 1 is 1.03 bits per heavy atom. The highest BCUT2D eigenvalue weighted by atomic mass is 16.5. The highest BCUT2D eigenvalue weighted by Gasteiger charge is 2.42. The van der Waals surface area contributed by atoms with Crippen LogP contribution in [0.4, 0.5) is 0 Å². The van der Waals surface area contributed by atoms with Crippen molar-refractivity contribution in [1.82, 2.24) is 4.90 Å². The normalized spacial score (nSPS) is 15.3. The lowest BCUT2D eigenvalue weighted by molar-refractivity contribution is 0.0593. The third-order valence-corrected chi connectivity index (χ3v) is 5.94. The molecule has 0 N–H and O–H groups in total. The fourth-order valence-electron chi connectivity index (χ4n) is 4.33. The van der Waals surface area contributed by atoms with Gasteiger partial charge >= 0.3 is 0 Å². The molecular formula is C28H33NO6. The predicted molar refractivity (Wildman–Crippen MR) is 134 cm³/mol. The Bertz CT molecular complexity index is 1260. The molecule has 1 atom stereocenters. The number of hydrogen-bond donors (Lipinski definition) is 0. The molecule has 7 heteroatoms. The number of amides is 1. The fourth-order valence-corrected chi connectivity index (χ4v) is 4.33. The molecule has 4 rings (SSSR count). The third kappa shape index (κ3) is 5.05. The van der Waals surface area contributed by atoms with Gasteiger partial charge in [0, 0.05) is 13.2 Å². The Kier molecular flexibility index (Phi) is 7.45. The first kappa shape index (κ1) is 24.8. The molecule has 0 fully saturated rings. The van der Waals surface area contributed by atoms with Crippen molar-refractivity contribution in [2.75, 3.05) is 26.9 Å². The largest absolute Gasteiger partial charge is 0.493 e. The summed E-state index contributed by atoms with van der Waals surface area (Å²) in [4.78, 5) is 28.8. The first-order valence-electron chi connectivity index (χ1n) is 12.1. The fraction of sp³-hybridized carbons (Fsp3) is 0.429. The molecule has 2 aromatic carbocycles. The van der Waals surface area contributed by atoms with E-state index < -0.39 is 6.04 Å². The molecule has 3 aromatic rings. The Morgan fingerprint density at radius 2 is 1.80 bits per heavy atom. The number of carbonyl (C=O) groups excluding carboxylic acids is 1. The average Bonchev–Trinajstić information content (AvgIpc) is 3.12. The van der Waals surface area contributed by atoms with Gasteiger partial charge in [-0.3, -0.25) is 9.59 Å². The summed E-state index contributed by atoms with van der Waals surface area (Å²) in [5.41, 5.74) is 1.33. The minimum absolute atomic E-state index is 0.0996. The molecule has 1 unspecified atom stereocenters. The van der Waals surface area contributed by atoms with E-state index in [9.17, 15) is 9.59 Å². The number of fused-ring (bicyclic) bond motifs is 2. The Labute approximate surface area is 205 Å². The van der Waals surface area contributed by atoms with Gasteiger partial charge in [-0.15, -0.1) is 0 Å². The highest BCUT2D eigenvalue weighted by molar-refractivity contribution is 5.99. The van der Waals surface area contributed by atoms with Crippen LogP contribution >= 0.6 is 0 Å². The van der Waals surface area contributed by atoms with Gasteiger partial charge in [0.2, 0.25) is 5.76 Å². The van der Waals surface area contributed by atoms with E-state index in [4.69, 9.17) is 18.6 Å². The molecule has 0 aliphatic carbocycles. The van der Waals surface area contributed by atoms with Gasteiger partial charge < -0.3 is 23.5 Å². The van der Waals surface area contributed by atoms with Gasteiger partial charge in [0.1, 0.15) is 5.58 Å². The van der Waals surface area contributed by atoms with Gasteiger partial charge in [0.05, 0.1) is 36.8 Å². The zero-order chi connectivity index (χ0) is 25.1. The molecule has 0 spiro atoms. The van der Waals surface area contributed by atoms with Crippen molar-refractivity contribution < 1.29 is 23.4 Å². The first-order valence-corrected chi connectivity index (χ1v) is 12.1. The summed E-state index contributed by atoms with van der Waals surface area (Å²) < 4.78 is 23.2. The van der Waals surface area contributed by atoms with Crippen LogP contribution in [-0.4, -0.2) is 43.8 Å². The maximum absolute atomic E-state index is 13.6. The van der Waals surface area contributed by atoms with Gasteiger partial charge in [0.25, 0.3) is 5.91 Å². The summed E-state index contributed by atoms with van der Waals surface area (Å²) in [5.74, 6) is 1.34. The van der Waals surface area contributed by atoms with Crippen LogP contribution in [0.2, 0.25) is 0 Å². The second-order valence-corrected chi connectivity index (χ2v) is 9.46. The van der Waals surface area contributed by atoms with Crippen molar-refractivity contribution in [3.8, 4) is 11.5 Å². The molecule has 1 aliphatic rings. The molecule has 0 radical (unpaired) electrons. The van der Waals surface area contributed by atoms with Crippen molar-refractivity contribution in [2.45, 2.75) is 46.3 Å². The summed E-state index contributed by atoms with van der Waals surface area (Å²) in [6.45, 7) is 9.59.